The van der Waals surface area contributed by atoms with Crippen LogP contribution in [-0.2, 0) is 0 Å². The van der Waals surface area contributed by atoms with Crippen LogP contribution in [0.3, 0.4) is 0 Å². The van der Waals surface area contributed by atoms with Crippen molar-refractivity contribution in [2.75, 3.05) is 0 Å². The summed E-state index contributed by atoms with van der Waals surface area (Å²) in [4.78, 5) is 0. The van der Waals surface area contributed by atoms with Gasteiger partial charge < -0.3 is 23.7 Å². The average Bonchev–Trinajstić information content (AvgIpc) is 2.04. The Morgan fingerprint density at radius 1 is 1.23 bits per heavy atom. The van der Waals surface area contributed by atoms with Gasteiger partial charge in [0.25, 0.3) is 0 Å². The molecule has 0 amide bonds. The first-order chi connectivity index (χ1) is 5.25. The number of rotatable bonds is 2. The number of halogens is 1. The van der Waals surface area contributed by atoms with Gasteiger partial charge in [-0.1, -0.05) is 32.0 Å². The fraction of sp³-hybridized carbons (Fsp3) is 0.333. The normalized spacial score (nSPS) is 8.92. The summed E-state index contributed by atoms with van der Waals surface area (Å²) >= 11 is 0. The predicted octanol–water partition coefficient (Wildman–Crippen LogP) is -4.02. The van der Waals surface area contributed by atoms with Gasteiger partial charge in [0.2, 0.25) is 0 Å². The van der Waals surface area contributed by atoms with E-state index in [4.69, 9.17) is 5.84 Å². The second-order valence-electron chi connectivity index (χ2n) is 2.93. The van der Waals surface area contributed by atoms with Crippen LogP contribution < -0.4 is 86.7 Å². The van der Waals surface area contributed by atoms with Crippen LogP contribution in [0.15, 0.2) is 24.3 Å². The number of para-hydroxylation sites is 1. The van der Waals surface area contributed by atoms with Crippen molar-refractivity contribution in [2.45, 2.75) is 19.8 Å². The second-order valence-corrected chi connectivity index (χ2v) is 2.93. The topological polar surface area (TPSA) is 40.4 Å². The van der Waals surface area contributed by atoms with Crippen LogP contribution in [0.5, 0.6) is 0 Å². The first-order valence-corrected chi connectivity index (χ1v) is 3.85. The number of hydrogen-bond donors (Lipinski definition) is 1. The molecule has 0 aliphatic carbocycles. The molecule has 4 heteroatoms. The third-order valence-electron chi connectivity index (χ3n) is 1.77. The zero-order chi connectivity index (χ0) is 8.27. The minimum absolute atomic E-state index is 0. The Labute approximate surface area is 145 Å². The average molecular weight is 319 g/mol. The Balaban J connectivity index is 0. The number of quaternary nitrogens is 1. The van der Waals surface area contributed by atoms with E-state index < -0.39 is 0 Å². The van der Waals surface area contributed by atoms with Gasteiger partial charge in [-0.25, -0.2) is 0 Å². The van der Waals surface area contributed by atoms with Crippen LogP contribution in [0, 0.1) is 0 Å². The van der Waals surface area contributed by atoms with Gasteiger partial charge in [-0.2, -0.15) is 0 Å². The number of hydrogen-bond acceptors (Lipinski definition) is 0. The Kier molecular flexibility index (Phi) is 11.4. The van der Waals surface area contributed by atoms with E-state index in [1.165, 1.54) is 11.0 Å². The molecule has 0 atom stereocenters. The maximum absolute atomic E-state index is 7.15. The summed E-state index contributed by atoms with van der Waals surface area (Å²) in [6.45, 7) is 4.28. The van der Waals surface area contributed by atoms with E-state index in [0.717, 1.165) is 5.69 Å². The molecular weight excluding hydrogens is 304 g/mol. The molecule has 1 aromatic rings. The SMILES string of the molecule is CC(C)c1ccccc1[NH2+][NH-].[Cl-].[Cs+]. The quantitative estimate of drug-likeness (QED) is 0.328. The maximum Gasteiger partial charge on any atom is 1.00 e. The summed E-state index contributed by atoms with van der Waals surface area (Å²) in [6.07, 6.45) is 0. The van der Waals surface area contributed by atoms with Gasteiger partial charge in [0.15, 0.2) is 0 Å². The van der Waals surface area contributed by atoms with Gasteiger partial charge in [0.1, 0.15) is 5.69 Å². The van der Waals surface area contributed by atoms with Crippen LogP contribution in [0.1, 0.15) is 25.3 Å². The molecular formula is C9H14ClCsN2. The molecule has 0 bridgehead atoms. The zero-order valence-electron chi connectivity index (χ0n) is 8.34. The molecule has 3 N–H and O–H groups in total. The summed E-state index contributed by atoms with van der Waals surface area (Å²) in [5.41, 5.74) is 3.69. The molecule has 0 spiro atoms. The van der Waals surface area contributed by atoms with E-state index in [9.17, 15) is 0 Å². The largest absolute Gasteiger partial charge is 1.00 e. The molecule has 1 aromatic carbocycles. The van der Waals surface area contributed by atoms with Gasteiger partial charge in [0, 0.05) is 5.56 Å². The predicted molar refractivity (Wildman–Crippen MR) is 46.4 cm³/mol. The molecule has 1 rings (SSSR count). The minimum atomic E-state index is 0. The molecule has 0 radical (unpaired) electrons. The van der Waals surface area contributed by atoms with Gasteiger partial charge in [-0.15, -0.1) is 0 Å². The summed E-state index contributed by atoms with van der Waals surface area (Å²) in [5, 5.41) is 0. The summed E-state index contributed by atoms with van der Waals surface area (Å²) in [6, 6.07) is 8.03. The number of nitrogens with two attached hydrogens (primary N) is 1. The van der Waals surface area contributed by atoms with Crippen LogP contribution >= 0.6 is 0 Å². The molecule has 0 fully saturated rings. The van der Waals surface area contributed by atoms with Crippen molar-refractivity contribution in [3.05, 3.63) is 35.7 Å². The molecule has 0 aliphatic heterocycles. The minimum Gasteiger partial charge on any atom is -1.00 e. The molecule has 0 heterocycles. The standard InChI is InChI=1S/C9H14N2.ClH.Cs/c1-7(2)8-5-3-4-6-9(8)11-10;;/h3-7,10H,11H2,1-2H3;1H;/q;;+1/p-1. The van der Waals surface area contributed by atoms with Gasteiger partial charge in [0.05, 0.1) is 0 Å². The molecule has 68 valence electrons. The van der Waals surface area contributed by atoms with Crippen molar-refractivity contribution >= 4 is 5.69 Å². The summed E-state index contributed by atoms with van der Waals surface area (Å²) < 4.78 is 0. The number of benzene rings is 1. The van der Waals surface area contributed by atoms with Crippen molar-refractivity contribution in [1.29, 1.82) is 0 Å². The van der Waals surface area contributed by atoms with Crippen LogP contribution in [0.25, 0.3) is 5.84 Å². The Bertz CT molecular complexity index is 241. The fourth-order valence-electron chi connectivity index (χ4n) is 1.17. The monoisotopic (exact) mass is 318 g/mol. The van der Waals surface area contributed by atoms with Crippen molar-refractivity contribution in [1.82, 2.24) is 0 Å². The van der Waals surface area contributed by atoms with E-state index in [1.54, 1.807) is 0 Å². The van der Waals surface area contributed by atoms with Crippen molar-refractivity contribution < 1.29 is 86.7 Å². The van der Waals surface area contributed by atoms with E-state index in [2.05, 4.69) is 19.9 Å². The molecule has 13 heavy (non-hydrogen) atoms. The third-order valence-corrected chi connectivity index (χ3v) is 1.77. The van der Waals surface area contributed by atoms with Crippen LogP contribution in [0.2, 0.25) is 0 Å². The van der Waals surface area contributed by atoms with Crippen molar-refractivity contribution in [3.8, 4) is 0 Å². The first kappa shape index (κ1) is 16.9. The van der Waals surface area contributed by atoms with E-state index in [1.807, 2.05) is 18.2 Å². The van der Waals surface area contributed by atoms with E-state index >= 15 is 0 Å². The number of nitrogens with one attached hydrogen (secondary N) is 1. The fourth-order valence-corrected chi connectivity index (χ4v) is 1.17. The Morgan fingerprint density at radius 3 is 2.15 bits per heavy atom. The maximum atomic E-state index is 7.15. The molecule has 0 saturated heterocycles. The molecule has 0 saturated carbocycles. The van der Waals surface area contributed by atoms with E-state index in [-0.39, 0.29) is 81.3 Å². The van der Waals surface area contributed by atoms with Crippen LogP contribution in [-0.4, -0.2) is 0 Å². The molecule has 0 aliphatic rings. The summed E-state index contributed by atoms with van der Waals surface area (Å²) in [5.74, 6) is 7.66. The molecule has 0 aromatic heterocycles. The first-order valence-electron chi connectivity index (χ1n) is 3.85. The van der Waals surface area contributed by atoms with Crippen molar-refractivity contribution in [2.24, 2.45) is 0 Å². The third kappa shape index (κ3) is 5.20. The van der Waals surface area contributed by atoms with Gasteiger partial charge >= 0.3 is 68.9 Å². The zero-order valence-corrected chi connectivity index (χ0v) is 15.4. The Morgan fingerprint density at radius 2 is 1.77 bits per heavy atom. The smallest absolute Gasteiger partial charge is 1.00 e. The summed E-state index contributed by atoms with van der Waals surface area (Å²) in [7, 11) is 0. The molecule has 2 nitrogen and oxygen atoms in total. The molecule has 0 unspecified atom stereocenters. The van der Waals surface area contributed by atoms with Crippen LogP contribution in [0.4, 0.5) is 5.69 Å². The van der Waals surface area contributed by atoms with E-state index in [0.29, 0.717) is 5.92 Å². The Hall–Kier alpha value is 1.48. The van der Waals surface area contributed by atoms with Crippen molar-refractivity contribution in [3.63, 3.8) is 0 Å². The van der Waals surface area contributed by atoms with Gasteiger partial charge in [-0.3, -0.25) is 0 Å². The van der Waals surface area contributed by atoms with Gasteiger partial charge in [-0.05, 0) is 12.0 Å². The second kappa shape index (κ2) is 8.76.